The van der Waals surface area contributed by atoms with Crippen LogP contribution in [0.4, 0.5) is 0 Å². The summed E-state index contributed by atoms with van der Waals surface area (Å²) in [6.45, 7) is 0. The summed E-state index contributed by atoms with van der Waals surface area (Å²) in [5.74, 6) is -0.586. The molecule has 0 N–H and O–H groups in total. The molecule has 0 unspecified atom stereocenters. The molecule has 132 valence electrons. The summed E-state index contributed by atoms with van der Waals surface area (Å²) < 4.78 is 11.6. The summed E-state index contributed by atoms with van der Waals surface area (Å²) in [5.41, 5.74) is 1.01. The summed E-state index contributed by atoms with van der Waals surface area (Å²) >= 11 is 0. The van der Waals surface area contributed by atoms with Crippen molar-refractivity contribution in [1.29, 1.82) is 0 Å². The van der Waals surface area contributed by atoms with Gasteiger partial charge in [-0.3, -0.25) is 0 Å². The van der Waals surface area contributed by atoms with Gasteiger partial charge >= 0.3 is 11.9 Å². The van der Waals surface area contributed by atoms with Gasteiger partial charge in [0.15, 0.2) is 0 Å². The number of hydrogen-bond acceptors (Lipinski definition) is 4. The maximum atomic E-state index is 12.5. The van der Waals surface area contributed by atoms with E-state index in [2.05, 4.69) is 12.2 Å². The monoisotopic (exact) mass is 348 g/mol. The largest absolute Gasteiger partial charge is 0.454 e. The predicted octanol–water partition coefficient (Wildman–Crippen LogP) is 4.03. The van der Waals surface area contributed by atoms with Crippen molar-refractivity contribution in [3.8, 4) is 0 Å². The molecule has 0 heterocycles. The van der Waals surface area contributed by atoms with E-state index < -0.39 is 12.2 Å². The highest BCUT2D eigenvalue weighted by atomic mass is 16.6. The molecule has 5 rings (SSSR count). The molecule has 0 saturated heterocycles. The summed E-state index contributed by atoms with van der Waals surface area (Å²) in [6, 6.07) is 17.8. The molecule has 2 aromatic carbocycles. The first-order chi connectivity index (χ1) is 12.7. The van der Waals surface area contributed by atoms with Crippen molar-refractivity contribution < 1.29 is 19.1 Å². The van der Waals surface area contributed by atoms with Crippen LogP contribution in [0.3, 0.4) is 0 Å². The zero-order chi connectivity index (χ0) is 17.9. The fraction of sp³-hybridized carbons (Fsp3) is 0.273. The topological polar surface area (TPSA) is 52.6 Å². The molecule has 0 aromatic heterocycles. The zero-order valence-electron chi connectivity index (χ0n) is 14.3. The maximum absolute atomic E-state index is 12.5. The van der Waals surface area contributed by atoms with Crippen molar-refractivity contribution in [3.05, 3.63) is 83.9 Å². The molecule has 0 spiro atoms. The number of carbonyl (C=O) groups excluding carboxylic acids is 2. The predicted molar refractivity (Wildman–Crippen MR) is 96.6 cm³/mol. The Labute approximate surface area is 152 Å². The van der Waals surface area contributed by atoms with E-state index in [4.69, 9.17) is 9.47 Å². The molecule has 4 nitrogen and oxygen atoms in total. The Bertz CT molecular complexity index is 743. The molecule has 26 heavy (non-hydrogen) atoms. The molecule has 1 saturated carbocycles. The molecule has 4 heteroatoms. The van der Waals surface area contributed by atoms with Gasteiger partial charge in [-0.25, -0.2) is 9.59 Å². The average molecular weight is 348 g/mol. The van der Waals surface area contributed by atoms with E-state index in [1.807, 2.05) is 12.1 Å². The third-order valence-electron chi connectivity index (χ3n) is 5.11. The minimum atomic E-state index is -0.445. The highest BCUT2D eigenvalue weighted by Gasteiger charge is 2.45. The highest BCUT2D eigenvalue weighted by molar-refractivity contribution is 5.90. The Kier molecular flexibility index (Phi) is 4.57. The number of esters is 2. The van der Waals surface area contributed by atoms with Gasteiger partial charge in [0.05, 0.1) is 11.1 Å². The Morgan fingerprint density at radius 2 is 1.04 bits per heavy atom. The third kappa shape index (κ3) is 3.27. The van der Waals surface area contributed by atoms with Crippen LogP contribution in [0.1, 0.15) is 33.6 Å². The van der Waals surface area contributed by atoms with Gasteiger partial charge in [0.2, 0.25) is 0 Å². The second-order valence-electron chi connectivity index (χ2n) is 6.76. The molecule has 0 aliphatic heterocycles. The van der Waals surface area contributed by atoms with E-state index in [0.29, 0.717) is 11.1 Å². The fourth-order valence-corrected chi connectivity index (χ4v) is 3.74. The van der Waals surface area contributed by atoms with Gasteiger partial charge in [-0.15, -0.1) is 0 Å². The molecule has 4 atom stereocenters. The van der Waals surface area contributed by atoms with Gasteiger partial charge in [0, 0.05) is 11.8 Å². The Hall–Kier alpha value is -2.88. The first-order valence-electron chi connectivity index (χ1n) is 8.93. The van der Waals surface area contributed by atoms with Crippen LogP contribution in [-0.4, -0.2) is 24.1 Å². The first-order valence-corrected chi connectivity index (χ1v) is 8.93. The molecule has 1 fully saturated rings. The van der Waals surface area contributed by atoms with Gasteiger partial charge in [-0.05, 0) is 37.1 Å². The minimum Gasteiger partial charge on any atom is -0.454 e. The molecule has 3 aliphatic carbocycles. The van der Waals surface area contributed by atoms with Crippen LogP contribution >= 0.6 is 0 Å². The molecular weight excluding hydrogens is 328 g/mol. The zero-order valence-corrected chi connectivity index (χ0v) is 14.3. The average Bonchev–Trinajstić information content (AvgIpc) is 2.71. The van der Waals surface area contributed by atoms with E-state index >= 15 is 0 Å². The lowest BCUT2D eigenvalue weighted by molar-refractivity contribution is -0.0856. The smallest absolute Gasteiger partial charge is 0.338 e. The van der Waals surface area contributed by atoms with Crippen LogP contribution in [-0.2, 0) is 9.47 Å². The van der Waals surface area contributed by atoms with Crippen molar-refractivity contribution in [3.63, 3.8) is 0 Å². The van der Waals surface area contributed by atoms with Gasteiger partial charge in [-0.2, -0.15) is 0 Å². The second kappa shape index (κ2) is 7.16. The lowest BCUT2D eigenvalue weighted by atomic mass is 9.72. The quantitative estimate of drug-likeness (QED) is 0.618. The third-order valence-corrected chi connectivity index (χ3v) is 5.11. The molecule has 2 bridgehead atoms. The first kappa shape index (κ1) is 16.6. The number of rotatable bonds is 4. The summed E-state index contributed by atoms with van der Waals surface area (Å²) in [4.78, 5) is 25.0. The van der Waals surface area contributed by atoms with Crippen molar-refractivity contribution in [2.45, 2.75) is 25.0 Å². The summed E-state index contributed by atoms with van der Waals surface area (Å²) in [6.07, 6.45) is 5.16. The fourth-order valence-electron chi connectivity index (χ4n) is 3.74. The Morgan fingerprint density at radius 3 is 1.38 bits per heavy atom. The maximum Gasteiger partial charge on any atom is 0.338 e. The van der Waals surface area contributed by atoms with E-state index in [1.165, 1.54) is 0 Å². The minimum absolute atomic E-state index is 0.0845. The molecule has 0 amide bonds. The summed E-state index contributed by atoms with van der Waals surface area (Å²) in [7, 11) is 0. The van der Waals surface area contributed by atoms with Crippen LogP contribution in [0.15, 0.2) is 72.8 Å². The van der Waals surface area contributed by atoms with Crippen molar-refractivity contribution in [1.82, 2.24) is 0 Å². The second-order valence-corrected chi connectivity index (χ2v) is 6.76. The van der Waals surface area contributed by atoms with Crippen LogP contribution in [0.25, 0.3) is 0 Å². The lowest BCUT2D eigenvalue weighted by Crippen LogP contribution is -2.49. The SMILES string of the molecule is O=C(O[C@@H]1[C@H](OC(=O)c2ccccc2)[C@H]2C=C[C@@H]1CC2)c1ccccc1. The van der Waals surface area contributed by atoms with Gasteiger partial charge in [0.1, 0.15) is 12.2 Å². The van der Waals surface area contributed by atoms with Crippen molar-refractivity contribution in [2.75, 3.05) is 0 Å². The lowest BCUT2D eigenvalue weighted by Gasteiger charge is -2.43. The van der Waals surface area contributed by atoms with E-state index in [9.17, 15) is 9.59 Å². The van der Waals surface area contributed by atoms with Crippen molar-refractivity contribution in [2.24, 2.45) is 11.8 Å². The normalized spacial score (nSPS) is 26.3. The van der Waals surface area contributed by atoms with E-state index in [0.717, 1.165) is 12.8 Å². The van der Waals surface area contributed by atoms with Crippen LogP contribution < -0.4 is 0 Å². The van der Waals surface area contributed by atoms with Gasteiger partial charge in [0.25, 0.3) is 0 Å². The van der Waals surface area contributed by atoms with Crippen molar-refractivity contribution >= 4 is 11.9 Å². The van der Waals surface area contributed by atoms with Crippen LogP contribution in [0.5, 0.6) is 0 Å². The van der Waals surface area contributed by atoms with Gasteiger partial charge in [-0.1, -0.05) is 48.6 Å². The number of hydrogen-bond donors (Lipinski definition) is 0. The van der Waals surface area contributed by atoms with E-state index in [1.54, 1.807) is 48.5 Å². The molecule has 0 radical (unpaired) electrons. The Balaban J connectivity index is 1.53. The molecular formula is C22H20O4. The van der Waals surface area contributed by atoms with Crippen LogP contribution in [0, 0.1) is 11.8 Å². The standard InChI is InChI=1S/C22H20O4/c23-21(17-7-3-1-4-8-17)25-19-15-11-13-16(14-12-15)20(19)26-22(24)18-9-5-2-6-10-18/h1-11,13,15-16,19-20H,12,14H2/t15-,16+,19+,20-. The number of fused-ring (bicyclic) bond motifs is 2. The summed E-state index contributed by atoms with van der Waals surface area (Å²) in [5, 5.41) is 0. The molecule has 2 aromatic rings. The van der Waals surface area contributed by atoms with E-state index in [-0.39, 0.29) is 23.8 Å². The highest BCUT2D eigenvalue weighted by Crippen LogP contribution is 2.40. The molecule has 3 aliphatic rings. The number of benzene rings is 2. The Morgan fingerprint density at radius 1 is 0.654 bits per heavy atom. The number of ether oxygens (including phenoxy) is 2. The van der Waals surface area contributed by atoms with Crippen LogP contribution in [0.2, 0.25) is 0 Å². The van der Waals surface area contributed by atoms with Gasteiger partial charge < -0.3 is 9.47 Å². The number of carbonyl (C=O) groups is 2.